The zero-order valence-corrected chi connectivity index (χ0v) is 20.4. The van der Waals surface area contributed by atoms with Gasteiger partial charge in [-0.05, 0) is 56.4 Å². The number of anilines is 2. The molecule has 0 atom stereocenters. The quantitative estimate of drug-likeness (QED) is 0.500. The van der Waals surface area contributed by atoms with Crippen molar-refractivity contribution in [3.8, 4) is 11.4 Å². The van der Waals surface area contributed by atoms with Crippen LogP contribution in [0.15, 0.2) is 30.3 Å². The highest BCUT2D eigenvalue weighted by Gasteiger charge is 2.57. The van der Waals surface area contributed by atoms with Crippen LogP contribution in [0.5, 0.6) is 0 Å². The molecule has 3 fully saturated rings. The number of morpholine rings is 1. The van der Waals surface area contributed by atoms with Crippen LogP contribution < -0.4 is 15.5 Å². The van der Waals surface area contributed by atoms with E-state index in [0.29, 0.717) is 56.4 Å². The average Bonchev–Trinajstić information content (AvgIpc) is 3.69. The maximum Gasteiger partial charge on any atom is 0.319 e. The van der Waals surface area contributed by atoms with Crippen molar-refractivity contribution in [3.05, 3.63) is 36.0 Å². The fourth-order valence-electron chi connectivity index (χ4n) is 4.68. The summed E-state index contributed by atoms with van der Waals surface area (Å²) in [5.74, 6) is 1.19. The predicted octanol–water partition coefficient (Wildman–Crippen LogP) is 2.05. The van der Waals surface area contributed by atoms with Gasteiger partial charge in [0.2, 0.25) is 0 Å². The topological polar surface area (TPSA) is 134 Å². The third-order valence-electron chi connectivity index (χ3n) is 6.98. The highest BCUT2D eigenvalue weighted by Crippen LogP contribution is 2.53. The van der Waals surface area contributed by atoms with Crippen LogP contribution in [0, 0.1) is 0 Å². The first-order valence-electron chi connectivity index (χ1n) is 12.1. The van der Waals surface area contributed by atoms with Crippen molar-refractivity contribution in [2.75, 3.05) is 49.7 Å². The molecule has 1 aliphatic heterocycles. The molecule has 2 aliphatic carbocycles. The van der Waals surface area contributed by atoms with Crippen molar-refractivity contribution in [3.63, 3.8) is 0 Å². The summed E-state index contributed by atoms with van der Waals surface area (Å²) in [5, 5.41) is 13.8. The molecule has 0 unspecified atom stereocenters. The second-order valence-corrected chi connectivity index (χ2v) is 11.8. The summed E-state index contributed by atoms with van der Waals surface area (Å²) < 4.78 is 31.6. The molecular formula is C24H31N5O5S. The minimum atomic E-state index is -3.32. The smallest absolute Gasteiger partial charge is 0.319 e. The van der Waals surface area contributed by atoms with Crippen LogP contribution >= 0.6 is 0 Å². The van der Waals surface area contributed by atoms with Gasteiger partial charge in [0.25, 0.3) is 0 Å². The van der Waals surface area contributed by atoms with E-state index in [0.717, 1.165) is 30.6 Å². The lowest BCUT2D eigenvalue weighted by Crippen LogP contribution is -2.45. The first-order valence-corrected chi connectivity index (χ1v) is 13.7. The molecule has 3 aliphatic rings. The highest BCUT2D eigenvalue weighted by atomic mass is 32.2. The van der Waals surface area contributed by atoms with E-state index in [9.17, 15) is 13.2 Å². The molecule has 0 radical (unpaired) electrons. The number of hydrogen-bond donors (Lipinski definition) is 3. The molecule has 10 nitrogen and oxygen atoms in total. The summed E-state index contributed by atoms with van der Waals surface area (Å²) in [6.45, 7) is 2.59. The number of amides is 2. The Labute approximate surface area is 205 Å². The Morgan fingerprint density at radius 3 is 2.46 bits per heavy atom. The summed E-state index contributed by atoms with van der Waals surface area (Å²) in [5.41, 5.74) is 1.91. The standard InChI is InChI=1S/C24H31N5O5S/c30-13-10-25-23(31)26-18-4-2-17(3-5-18)22-27-20(16-21(28-22)29-11-14-34-15-12-29)24(8-1-9-24)35(32,33)19-6-7-19/h2-5,16,19,30H,1,6-15H2,(H2,25,26,31). The maximum absolute atomic E-state index is 13.5. The normalized spacial score (nSPS) is 19.6. The number of hydrogen-bond acceptors (Lipinski definition) is 8. The lowest BCUT2D eigenvalue weighted by molar-refractivity contribution is 0.122. The summed E-state index contributed by atoms with van der Waals surface area (Å²) in [7, 11) is -3.32. The first-order chi connectivity index (χ1) is 16.9. The number of sulfone groups is 1. The summed E-state index contributed by atoms with van der Waals surface area (Å²) in [4.78, 5) is 23.6. The van der Waals surface area contributed by atoms with E-state index in [1.54, 1.807) is 12.1 Å². The maximum atomic E-state index is 13.5. The van der Waals surface area contributed by atoms with Crippen molar-refractivity contribution in [2.24, 2.45) is 0 Å². The van der Waals surface area contributed by atoms with Gasteiger partial charge in [-0.3, -0.25) is 0 Å². The number of carbonyl (C=O) groups is 1. The van der Waals surface area contributed by atoms with Gasteiger partial charge in [-0.15, -0.1) is 0 Å². The second kappa shape index (κ2) is 9.71. The Kier molecular flexibility index (Phi) is 6.65. The van der Waals surface area contributed by atoms with Gasteiger partial charge in [0.1, 0.15) is 10.6 Å². The molecule has 2 saturated carbocycles. The molecule has 0 spiro atoms. The number of aromatic nitrogens is 2. The number of nitrogens with one attached hydrogen (secondary N) is 2. The molecule has 1 aromatic carbocycles. The predicted molar refractivity (Wildman–Crippen MR) is 132 cm³/mol. The Bertz CT molecular complexity index is 1170. The molecule has 35 heavy (non-hydrogen) atoms. The third kappa shape index (κ3) is 4.72. The molecule has 2 aromatic rings. The minimum Gasteiger partial charge on any atom is -0.395 e. The monoisotopic (exact) mass is 501 g/mol. The Balaban J connectivity index is 1.49. The van der Waals surface area contributed by atoms with Gasteiger partial charge in [0, 0.05) is 37.0 Å². The molecule has 2 heterocycles. The number of carbonyl (C=O) groups excluding carboxylic acids is 1. The number of nitrogens with zero attached hydrogens (tertiary/aromatic N) is 3. The fourth-order valence-corrected chi connectivity index (χ4v) is 7.33. The average molecular weight is 502 g/mol. The van der Waals surface area contributed by atoms with Gasteiger partial charge in [-0.1, -0.05) is 0 Å². The van der Waals surface area contributed by atoms with Crippen LogP contribution in [-0.4, -0.2) is 74.2 Å². The van der Waals surface area contributed by atoms with Crippen LogP contribution in [0.2, 0.25) is 0 Å². The van der Waals surface area contributed by atoms with Crippen LogP contribution in [0.25, 0.3) is 11.4 Å². The molecule has 188 valence electrons. The highest BCUT2D eigenvalue weighted by molar-refractivity contribution is 7.93. The molecule has 0 bridgehead atoms. The van der Waals surface area contributed by atoms with Crippen molar-refractivity contribution in [1.29, 1.82) is 0 Å². The number of rotatable bonds is 8. The summed E-state index contributed by atoms with van der Waals surface area (Å²) in [6, 6.07) is 8.59. The van der Waals surface area contributed by atoms with Crippen LogP contribution in [-0.2, 0) is 19.3 Å². The van der Waals surface area contributed by atoms with E-state index in [4.69, 9.17) is 19.8 Å². The lowest BCUT2D eigenvalue weighted by atomic mass is 9.81. The molecule has 1 aromatic heterocycles. The summed E-state index contributed by atoms with van der Waals surface area (Å²) in [6.07, 6.45) is 3.53. The second-order valence-electron chi connectivity index (χ2n) is 9.31. The van der Waals surface area contributed by atoms with E-state index in [1.807, 2.05) is 18.2 Å². The van der Waals surface area contributed by atoms with Gasteiger partial charge in [0.15, 0.2) is 15.7 Å². The zero-order valence-electron chi connectivity index (χ0n) is 19.6. The Morgan fingerprint density at radius 1 is 1.14 bits per heavy atom. The zero-order chi connectivity index (χ0) is 24.5. The van der Waals surface area contributed by atoms with Crippen LogP contribution in [0.3, 0.4) is 0 Å². The Hall–Kier alpha value is -2.76. The first kappa shape index (κ1) is 24.0. The number of urea groups is 1. The number of benzene rings is 1. The van der Waals surface area contributed by atoms with Gasteiger partial charge < -0.3 is 25.4 Å². The molecule has 1 saturated heterocycles. The number of aliphatic hydroxyl groups is 1. The lowest BCUT2D eigenvalue weighted by Gasteiger charge is -2.41. The SMILES string of the molecule is O=C(NCCO)Nc1ccc(-c2nc(N3CCOCC3)cc(C3(S(=O)(=O)C4CC4)CCC3)n2)cc1. The van der Waals surface area contributed by atoms with E-state index >= 15 is 0 Å². The van der Waals surface area contributed by atoms with Crippen molar-refractivity contribution in [2.45, 2.75) is 42.1 Å². The van der Waals surface area contributed by atoms with Gasteiger partial charge in [0.05, 0.1) is 30.8 Å². The van der Waals surface area contributed by atoms with Gasteiger partial charge >= 0.3 is 6.03 Å². The van der Waals surface area contributed by atoms with E-state index < -0.39 is 20.6 Å². The molecule has 5 rings (SSSR count). The van der Waals surface area contributed by atoms with Gasteiger partial charge in [-0.25, -0.2) is 23.2 Å². The fraction of sp³-hybridized carbons (Fsp3) is 0.542. The number of ether oxygens (including phenoxy) is 1. The molecule has 11 heteroatoms. The Morgan fingerprint density at radius 2 is 1.86 bits per heavy atom. The largest absolute Gasteiger partial charge is 0.395 e. The van der Waals surface area contributed by atoms with Gasteiger partial charge in [-0.2, -0.15) is 0 Å². The van der Waals surface area contributed by atoms with Crippen molar-refractivity contribution < 1.29 is 23.1 Å². The van der Waals surface area contributed by atoms with Crippen molar-refractivity contribution >= 4 is 27.4 Å². The van der Waals surface area contributed by atoms with E-state index in [1.165, 1.54) is 0 Å². The number of aliphatic hydroxyl groups excluding tert-OH is 1. The van der Waals surface area contributed by atoms with Crippen LogP contribution in [0.1, 0.15) is 37.8 Å². The van der Waals surface area contributed by atoms with E-state index in [2.05, 4.69) is 15.5 Å². The minimum absolute atomic E-state index is 0.135. The molecule has 2 amide bonds. The molecular weight excluding hydrogens is 470 g/mol. The van der Waals surface area contributed by atoms with Crippen molar-refractivity contribution in [1.82, 2.24) is 15.3 Å². The third-order valence-corrected chi connectivity index (χ3v) is 10.0. The van der Waals surface area contributed by atoms with E-state index in [-0.39, 0.29) is 18.4 Å². The summed E-state index contributed by atoms with van der Waals surface area (Å²) >= 11 is 0. The van der Waals surface area contributed by atoms with Crippen LogP contribution in [0.4, 0.5) is 16.3 Å². The molecule has 3 N–H and O–H groups in total.